The zero-order valence-electron chi connectivity index (χ0n) is 10.8. The van der Waals surface area contributed by atoms with Crippen molar-refractivity contribution in [1.29, 1.82) is 0 Å². The molecule has 2 rings (SSSR count). The molecule has 0 heterocycles. The summed E-state index contributed by atoms with van der Waals surface area (Å²) in [6, 6.07) is 4.26. The van der Waals surface area contributed by atoms with Crippen molar-refractivity contribution in [3.05, 3.63) is 69.8 Å². The first-order valence-electron chi connectivity index (χ1n) is 5.91. The van der Waals surface area contributed by atoms with E-state index >= 15 is 0 Å². The molecule has 2 aromatic carbocycles. The summed E-state index contributed by atoms with van der Waals surface area (Å²) in [6.45, 7) is 2.74. The molecule has 0 aliphatic heterocycles. The minimum atomic E-state index is -2.05. The first-order valence-corrected chi connectivity index (χ1v) is 5.91. The van der Waals surface area contributed by atoms with Crippen molar-refractivity contribution in [3.8, 4) is 0 Å². The molecule has 0 bridgehead atoms. The zero-order valence-corrected chi connectivity index (χ0v) is 10.8. The van der Waals surface area contributed by atoms with Crippen molar-refractivity contribution in [2.75, 3.05) is 0 Å². The molecule has 0 spiro atoms. The first kappa shape index (κ1) is 14.5. The van der Waals surface area contributed by atoms with Crippen molar-refractivity contribution < 1.29 is 22.7 Å². The normalized spacial score (nSPS) is 11.2. The highest BCUT2D eigenvalue weighted by atomic mass is 19.1. The van der Waals surface area contributed by atoms with Crippen LogP contribution in [0.4, 0.5) is 17.6 Å². The molecule has 0 saturated carbocycles. The Hall–Kier alpha value is -1.88. The van der Waals surface area contributed by atoms with Gasteiger partial charge < -0.3 is 5.11 Å². The van der Waals surface area contributed by atoms with E-state index in [1.165, 1.54) is 26.0 Å². The SMILES string of the molecule is Cc1ccc(F)c(C(O)c2c(F)ccc(C)c2F)c1F. The Labute approximate surface area is 113 Å². The van der Waals surface area contributed by atoms with E-state index in [9.17, 15) is 22.7 Å². The van der Waals surface area contributed by atoms with Gasteiger partial charge in [-0.15, -0.1) is 0 Å². The van der Waals surface area contributed by atoms with Gasteiger partial charge in [0, 0.05) is 0 Å². The molecule has 0 amide bonds. The van der Waals surface area contributed by atoms with Crippen LogP contribution in [-0.4, -0.2) is 5.11 Å². The zero-order chi connectivity index (χ0) is 15.0. The molecule has 2 aromatic rings. The fourth-order valence-electron chi connectivity index (χ4n) is 2.00. The molecule has 1 N–H and O–H groups in total. The fraction of sp³-hybridized carbons (Fsp3) is 0.200. The standard InChI is InChI=1S/C15H12F4O/c1-7-3-5-9(16)11(13(7)18)15(20)12-10(17)6-4-8(2)14(12)19/h3-6,15,20H,1-2H3. The van der Waals surface area contributed by atoms with Gasteiger partial charge in [0.1, 0.15) is 29.4 Å². The van der Waals surface area contributed by atoms with Crippen LogP contribution in [0.1, 0.15) is 28.4 Å². The predicted octanol–water partition coefficient (Wildman–Crippen LogP) is 3.94. The number of benzene rings is 2. The summed E-state index contributed by atoms with van der Waals surface area (Å²) in [6.07, 6.45) is -2.05. The Morgan fingerprint density at radius 2 is 1.10 bits per heavy atom. The van der Waals surface area contributed by atoms with Gasteiger partial charge in [-0.25, -0.2) is 17.6 Å². The number of aliphatic hydroxyl groups is 1. The summed E-state index contributed by atoms with van der Waals surface area (Å²) in [7, 11) is 0. The third-order valence-electron chi connectivity index (χ3n) is 3.19. The number of hydrogen-bond donors (Lipinski definition) is 1. The molecule has 0 aliphatic carbocycles. The van der Waals surface area contributed by atoms with Crippen molar-refractivity contribution in [2.24, 2.45) is 0 Å². The molecule has 0 radical (unpaired) electrons. The molecular weight excluding hydrogens is 272 g/mol. The predicted molar refractivity (Wildman–Crippen MR) is 66.3 cm³/mol. The van der Waals surface area contributed by atoms with Gasteiger partial charge in [0.05, 0.1) is 11.1 Å². The maximum Gasteiger partial charge on any atom is 0.135 e. The number of rotatable bonds is 2. The highest BCUT2D eigenvalue weighted by Crippen LogP contribution is 2.32. The second-order valence-electron chi connectivity index (χ2n) is 4.59. The molecule has 0 unspecified atom stereocenters. The Kier molecular flexibility index (Phi) is 3.81. The number of aryl methyl sites for hydroxylation is 2. The molecule has 0 aliphatic rings. The second kappa shape index (κ2) is 5.25. The molecule has 0 saturated heterocycles. The Morgan fingerprint density at radius 3 is 1.45 bits per heavy atom. The van der Waals surface area contributed by atoms with Crippen LogP contribution < -0.4 is 0 Å². The van der Waals surface area contributed by atoms with Crippen molar-refractivity contribution in [1.82, 2.24) is 0 Å². The van der Waals surface area contributed by atoms with E-state index in [0.717, 1.165) is 12.1 Å². The van der Waals surface area contributed by atoms with E-state index in [1.54, 1.807) is 0 Å². The minimum Gasteiger partial charge on any atom is -0.383 e. The lowest BCUT2D eigenvalue weighted by Gasteiger charge is -2.17. The average Bonchev–Trinajstić information content (AvgIpc) is 2.39. The van der Waals surface area contributed by atoms with Gasteiger partial charge in [-0.2, -0.15) is 0 Å². The van der Waals surface area contributed by atoms with Crippen LogP contribution in [0.3, 0.4) is 0 Å². The van der Waals surface area contributed by atoms with E-state index in [1.807, 2.05) is 0 Å². The number of halogens is 4. The topological polar surface area (TPSA) is 20.2 Å². The smallest absolute Gasteiger partial charge is 0.135 e. The van der Waals surface area contributed by atoms with Crippen LogP contribution in [0.5, 0.6) is 0 Å². The van der Waals surface area contributed by atoms with Crippen LogP contribution >= 0.6 is 0 Å². The fourth-order valence-corrected chi connectivity index (χ4v) is 2.00. The molecule has 1 nitrogen and oxygen atoms in total. The van der Waals surface area contributed by atoms with Gasteiger partial charge >= 0.3 is 0 Å². The third kappa shape index (κ3) is 2.29. The first-order chi connectivity index (χ1) is 9.34. The molecule has 20 heavy (non-hydrogen) atoms. The summed E-state index contributed by atoms with van der Waals surface area (Å²) < 4.78 is 55.2. The van der Waals surface area contributed by atoms with Crippen LogP contribution in [0.2, 0.25) is 0 Å². The van der Waals surface area contributed by atoms with Crippen LogP contribution in [0.15, 0.2) is 24.3 Å². The molecule has 5 heteroatoms. The Bertz CT molecular complexity index is 610. The number of aliphatic hydroxyl groups excluding tert-OH is 1. The van der Waals surface area contributed by atoms with Gasteiger partial charge in [-0.05, 0) is 37.1 Å². The Balaban J connectivity index is 2.67. The average molecular weight is 284 g/mol. The summed E-state index contributed by atoms with van der Waals surface area (Å²) in [5.41, 5.74) is -1.36. The maximum absolute atomic E-state index is 13.9. The van der Waals surface area contributed by atoms with Crippen LogP contribution in [-0.2, 0) is 0 Å². The van der Waals surface area contributed by atoms with Gasteiger partial charge in [-0.1, -0.05) is 12.1 Å². The van der Waals surface area contributed by atoms with Crippen molar-refractivity contribution >= 4 is 0 Å². The highest BCUT2D eigenvalue weighted by molar-refractivity contribution is 5.38. The van der Waals surface area contributed by atoms with Gasteiger partial charge in [0.25, 0.3) is 0 Å². The van der Waals surface area contributed by atoms with Crippen LogP contribution in [0, 0.1) is 37.1 Å². The summed E-state index contributed by atoms with van der Waals surface area (Å²) in [4.78, 5) is 0. The van der Waals surface area contributed by atoms with Crippen molar-refractivity contribution in [2.45, 2.75) is 20.0 Å². The molecule has 0 fully saturated rings. The van der Waals surface area contributed by atoms with E-state index in [-0.39, 0.29) is 11.1 Å². The van der Waals surface area contributed by atoms with Gasteiger partial charge in [0.2, 0.25) is 0 Å². The summed E-state index contributed by atoms with van der Waals surface area (Å²) in [5, 5.41) is 10.0. The molecule has 0 aromatic heterocycles. The third-order valence-corrected chi connectivity index (χ3v) is 3.19. The van der Waals surface area contributed by atoms with Crippen molar-refractivity contribution in [3.63, 3.8) is 0 Å². The van der Waals surface area contributed by atoms with Gasteiger partial charge in [0.15, 0.2) is 0 Å². The summed E-state index contributed by atoms with van der Waals surface area (Å²) >= 11 is 0. The molecule has 0 atom stereocenters. The minimum absolute atomic E-state index is 0.0777. The highest BCUT2D eigenvalue weighted by Gasteiger charge is 2.27. The largest absolute Gasteiger partial charge is 0.383 e. The lowest BCUT2D eigenvalue weighted by molar-refractivity contribution is 0.198. The molecule has 106 valence electrons. The van der Waals surface area contributed by atoms with E-state index in [4.69, 9.17) is 0 Å². The molecular formula is C15H12F4O. The monoisotopic (exact) mass is 284 g/mol. The van der Waals surface area contributed by atoms with E-state index < -0.39 is 40.5 Å². The lowest BCUT2D eigenvalue weighted by Crippen LogP contribution is -2.11. The maximum atomic E-state index is 13.9. The number of hydrogen-bond acceptors (Lipinski definition) is 1. The van der Waals surface area contributed by atoms with E-state index in [2.05, 4.69) is 0 Å². The second-order valence-corrected chi connectivity index (χ2v) is 4.59. The van der Waals surface area contributed by atoms with Crippen LogP contribution in [0.25, 0.3) is 0 Å². The summed E-state index contributed by atoms with van der Waals surface area (Å²) in [5.74, 6) is -4.14. The van der Waals surface area contributed by atoms with Gasteiger partial charge in [-0.3, -0.25) is 0 Å². The quantitative estimate of drug-likeness (QED) is 0.828. The van der Waals surface area contributed by atoms with E-state index in [0.29, 0.717) is 0 Å². The Morgan fingerprint density at radius 1 is 0.750 bits per heavy atom. The lowest BCUT2D eigenvalue weighted by atomic mass is 9.96.